The van der Waals surface area contributed by atoms with Gasteiger partial charge in [0, 0.05) is 0 Å². The van der Waals surface area contributed by atoms with Crippen molar-refractivity contribution in [3.05, 3.63) is 0 Å². The molecule has 0 fully saturated rings. The predicted octanol–water partition coefficient (Wildman–Crippen LogP) is 4.50. The third-order valence-electron chi connectivity index (χ3n) is 6.85. The van der Waals surface area contributed by atoms with Crippen LogP contribution in [0.25, 0.3) is 0 Å². The van der Waals surface area contributed by atoms with E-state index in [-0.39, 0.29) is 0 Å². The van der Waals surface area contributed by atoms with Gasteiger partial charge in [0.2, 0.25) is 16.8 Å². The summed E-state index contributed by atoms with van der Waals surface area (Å²) in [6, 6.07) is 2.79. The Hall–Kier alpha value is 0.274. The first kappa shape index (κ1) is 26.3. The summed E-state index contributed by atoms with van der Waals surface area (Å²) in [7, 11) is -3.23. The quantitative estimate of drug-likeness (QED) is 0.374. The minimum Gasteiger partial charge on any atom is -0.312 e. The van der Waals surface area contributed by atoms with E-state index in [4.69, 9.17) is 0 Å². The summed E-state index contributed by atoms with van der Waals surface area (Å²) in [5.74, 6) is 0. The van der Waals surface area contributed by atoms with Gasteiger partial charge < -0.3 is 18.3 Å². The molecule has 0 bridgehead atoms. The zero-order chi connectivity index (χ0) is 20.4. The minimum absolute atomic E-state index is 1.19. The molecule has 0 unspecified atom stereocenters. The molecule has 0 aliphatic rings. The summed E-state index contributed by atoms with van der Waals surface area (Å²) in [4.78, 5) is 0. The van der Waals surface area contributed by atoms with Crippen molar-refractivity contribution in [2.45, 2.75) is 80.6 Å². The molecule has 0 saturated carbocycles. The summed E-state index contributed by atoms with van der Waals surface area (Å²) in [6.45, 7) is 33.5. The van der Waals surface area contributed by atoms with Gasteiger partial charge in [0.15, 0.2) is 0 Å². The average molecular weight is 403 g/mol. The maximum atomic E-state index is 2.82. The van der Waals surface area contributed by atoms with Gasteiger partial charge >= 0.3 is 0 Å². The van der Waals surface area contributed by atoms with Crippen LogP contribution >= 0.6 is 0 Å². The predicted molar refractivity (Wildman–Crippen MR) is 125 cm³/mol. The molecule has 0 aromatic carbocycles. The number of hydrogen-bond acceptors (Lipinski definition) is 4. The molecule has 0 aromatic heterocycles. The first-order valence-electron chi connectivity index (χ1n) is 11.3. The van der Waals surface area contributed by atoms with Crippen LogP contribution in [0.5, 0.6) is 0 Å². The van der Waals surface area contributed by atoms with E-state index >= 15 is 0 Å². The minimum atomic E-state index is -1.61. The smallest absolute Gasteiger partial charge is 0.203 e. The third kappa shape index (κ3) is 5.88. The normalized spacial score (nSPS) is 13.6. The molecule has 4 nitrogen and oxygen atoms in total. The summed E-state index contributed by atoms with van der Waals surface area (Å²) in [5, 5.41) is 0. The van der Waals surface area contributed by atoms with Crippen molar-refractivity contribution in [2.75, 3.05) is 52.4 Å². The molecule has 0 spiro atoms. The lowest BCUT2D eigenvalue weighted by molar-refractivity contribution is 0.343. The molecule has 0 radical (unpaired) electrons. The van der Waals surface area contributed by atoms with Crippen molar-refractivity contribution in [3.8, 4) is 0 Å². The van der Waals surface area contributed by atoms with Crippen molar-refractivity contribution < 1.29 is 0 Å². The van der Waals surface area contributed by atoms with E-state index < -0.39 is 16.8 Å². The van der Waals surface area contributed by atoms with Crippen LogP contribution < -0.4 is 0 Å². The topological polar surface area (TPSA) is 13.0 Å². The lowest BCUT2D eigenvalue weighted by Gasteiger charge is -2.50. The molecule has 0 saturated heterocycles. The van der Waals surface area contributed by atoms with Crippen LogP contribution in [0.3, 0.4) is 0 Å². The van der Waals surface area contributed by atoms with E-state index in [1.165, 1.54) is 64.4 Å². The molecule has 0 amide bonds. The van der Waals surface area contributed by atoms with Crippen molar-refractivity contribution in [1.82, 2.24) is 18.3 Å². The fraction of sp³-hybridized carbons (Fsp3) is 1.00. The Labute approximate surface area is 168 Å². The summed E-state index contributed by atoms with van der Waals surface area (Å²) >= 11 is 0. The van der Waals surface area contributed by atoms with E-state index in [0.29, 0.717) is 0 Å². The second-order valence-corrected chi connectivity index (χ2v) is 16.0. The maximum absolute atomic E-state index is 2.82. The van der Waals surface area contributed by atoms with Gasteiger partial charge in [-0.05, 0) is 77.5 Å². The van der Waals surface area contributed by atoms with Gasteiger partial charge in [-0.25, -0.2) is 0 Å². The summed E-state index contributed by atoms with van der Waals surface area (Å²) in [6.07, 6.45) is 0. The Morgan fingerprint density at radius 2 is 0.538 bits per heavy atom. The second kappa shape index (κ2) is 12.7. The van der Waals surface area contributed by atoms with Crippen molar-refractivity contribution in [3.63, 3.8) is 0 Å². The Kier molecular flexibility index (Phi) is 12.8. The van der Waals surface area contributed by atoms with Crippen LogP contribution in [0, 0.1) is 0 Å². The van der Waals surface area contributed by atoms with Crippen molar-refractivity contribution >= 4 is 16.8 Å². The zero-order valence-corrected chi connectivity index (χ0v) is 21.9. The van der Waals surface area contributed by atoms with E-state index in [1.807, 2.05) is 0 Å². The fourth-order valence-electron chi connectivity index (χ4n) is 5.13. The Morgan fingerprint density at radius 1 is 0.385 bits per heavy atom. The molecule has 0 atom stereocenters. The van der Waals surface area contributed by atoms with E-state index in [0.717, 1.165) is 0 Å². The van der Waals surface area contributed by atoms with Gasteiger partial charge in [-0.15, -0.1) is 0 Å². The Morgan fingerprint density at radius 3 is 0.654 bits per heavy atom. The van der Waals surface area contributed by atoms with Crippen molar-refractivity contribution in [2.24, 2.45) is 0 Å². The highest BCUT2D eigenvalue weighted by Crippen LogP contribution is 2.30. The van der Waals surface area contributed by atoms with Gasteiger partial charge in [-0.1, -0.05) is 55.4 Å². The van der Waals surface area contributed by atoms with Gasteiger partial charge in [-0.3, -0.25) is 0 Å². The highest BCUT2D eigenvalue weighted by molar-refractivity contribution is 6.78. The highest BCUT2D eigenvalue weighted by atomic mass is 28.4. The molecule has 0 aliphatic carbocycles. The molecule has 0 rings (SSSR count). The lowest BCUT2D eigenvalue weighted by Crippen LogP contribution is -2.67. The number of hydrogen-bond donors (Lipinski definition) is 0. The molecular weight excluding hydrogens is 352 g/mol. The SMILES string of the molecule is CCN(CC)[Si](C)(CC[Si](C)(N(CC)CC)N(CC)CC)N(CC)CC. The third-order valence-corrected chi connectivity index (χ3v) is 17.7. The number of rotatable bonds is 15. The van der Waals surface area contributed by atoms with Gasteiger partial charge in [-0.2, -0.15) is 0 Å². The average Bonchev–Trinajstić information content (AvgIpc) is 2.64. The molecular formula is C20H50N4Si2. The first-order valence-corrected chi connectivity index (χ1v) is 16.5. The monoisotopic (exact) mass is 402 g/mol. The maximum Gasteiger partial charge on any atom is 0.203 e. The largest absolute Gasteiger partial charge is 0.312 e. The molecule has 26 heavy (non-hydrogen) atoms. The van der Waals surface area contributed by atoms with Gasteiger partial charge in [0.25, 0.3) is 0 Å². The molecule has 6 heteroatoms. The fourth-order valence-corrected chi connectivity index (χ4v) is 16.4. The highest BCUT2D eigenvalue weighted by Gasteiger charge is 2.44. The standard InChI is InChI=1S/C20H50N4Si2/c1-11-21(12-2)25(9,22(13-3)14-4)19-20-26(10,23(15-5)16-6)24(17-7)18-8/h11-20H2,1-10H3. The van der Waals surface area contributed by atoms with E-state index in [9.17, 15) is 0 Å². The van der Waals surface area contributed by atoms with Crippen LogP contribution in [-0.4, -0.2) is 87.4 Å². The van der Waals surface area contributed by atoms with E-state index in [1.54, 1.807) is 0 Å². The molecule has 0 aromatic rings. The van der Waals surface area contributed by atoms with Crippen LogP contribution in [0.4, 0.5) is 0 Å². The van der Waals surface area contributed by atoms with Crippen LogP contribution in [0.2, 0.25) is 25.2 Å². The summed E-state index contributed by atoms with van der Waals surface area (Å²) in [5.41, 5.74) is 0. The van der Waals surface area contributed by atoms with Crippen LogP contribution in [0.1, 0.15) is 55.4 Å². The van der Waals surface area contributed by atoms with Gasteiger partial charge in [0.05, 0.1) is 0 Å². The summed E-state index contributed by atoms with van der Waals surface area (Å²) < 4.78 is 11.3. The Bertz CT molecular complexity index is 294. The van der Waals surface area contributed by atoms with Crippen LogP contribution in [0.15, 0.2) is 0 Å². The molecule has 0 heterocycles. The Balaban J connectivity index is 5.78. The molecule has 0 N–H and O–H groups in total. The van der Waals surface area contributed by atoms with Crippen LogP contribution in [-0.2, 0) is 0 Å². The molecule has 158 valence electrons. The number of nitrogens with zero attached hydrogens (tertiary/aromatic N) is 4. The van der Waals surface area contributed by atoms with Gasteiger partial charge in [0.1, 0.15) is 0 Å². The second-order valence-electron chi connectivity index (χ2n) is 7.62. The first-order chi connectivity index (χ1) is 12.3. The zero-order valence-electron chi connectivity index (χ0n) is 19.9. The molecule has 0 aliphatic heterocycles. The lowest BCUT2D eigenvalue weighted by atomic mass is 10.7. The van der Waals surface area contributed by atoms with E-state index in [2.05, 4.69) is 86.7 Å². The van der Waals surface area contributed by atoms with Crippen molar-refractivity contribution in [1.29, 1.82) is 0 Å².